The van der Waals surface area contributed by atoms with Crippen LogP contribution in [0.5, 0.6) is 11.8 Å². The lowest BCUT2D eigenvalue weighted by molar-refractivity contribution is 0.352. The summed E-state index contributed by atoms with van der Waals surface area (Å²) in [5, 5.41) is 0. The van der Waals surface area contributed by atoms with Gasteiger partial charge in [-0.1, -0.05) is 0 Å². The number of nitrogens with zero attached hydrogens (tertiary/aromatic N) is 3. The number of pyridine rings is 1. The second kappa shape index (κ2) is 6.60. The first-order valence-corrected chi connectivity index (χ1v) is 6.50. The van der Waals surface area contributed by atoms with Gasteiger partial charge in [0.1, 0.15) is 5.69 Å². The topological polar surface area (TPSA) is 95.2 Å². The van der Waals surface area contributed by atoms with Gasteiger partial charge in [0.2, 0.25) is 11.8 Å². The summed E-state index contributed by atoms with van der Waals surface area (Å²) in [6, 6.07) is 1.50. The molecular formula is C12H14BrN5O2. The molecule has 7 nitrogen and oxygen atoms in total. The van der Waals surface area contributed by atoms with Crippen molar-refractivity contribution in [3.63, 3.8) is 0 Å². The molecule has 0 spiro atoms. The molecule has 1 unspecified atom stereocenters. The highest BCUT2D eigenvalue weighted by molar-refractivity contribution is 9.10. The first-order valence-electron chi connectivity index (χ1n) is 5.71. The van der Waals surface area contributed by atoms with Gasteiger partial charge in [-0.2, -0.15) is 4.98 Å². The van der Waals surface area contributed by atoms with Gasteiger partial charge in [-0.25, -0.2) is 10.4 Å². The van der Waals surface area contributed by atoms with Gasteiger partial charge >= 0.3 is 0 Å². The summed E-state index contributed by atoms with van der Waals surface area (Å²) in [6.45, 7) is 0. The quantitative estimate of drug-likeness (QED) is 0.624. The Bertz CT molecular complexity index is 596. The first-order chi connectivity index (χ1) is 9.69. The minimum atomic E-state index is -0.395. The molecule has 3 N–H and O–H groups in total. The molecule has 0 radical (unpaired) electrons. The van der Waals surface area contributed by atoms with Crippen molar-refractivity contribution >= 4 is 15.9 Å². The fraction of sp³-hybridized carbons (Fsp3) is 0.250. The van der Waals surface area contributed by atoms with Crippen LogP contribution in [0.25, 0.3) is 0 Å². The molecular weight excluding hydrogens is 326 g/mol. The molecule has 0 saturated carbocycles. The van der Waals surface area contributed by atoms with E-state index in [0.717, 1.165) is 10.0 Å². The van der Waals surface area contributed by atoms with Crippen molar-refractivity contribution in [3.8, 4) is 11.8 Å². The van der Waals surface area contributed by atoms with Gasteiger partial charge in [0.15, 0.2) is 0 Å². The molecule has 0 aliphatic rings. The third-order valence-corrected chi connectivity index (χ3v) is 3.08. The van der Waals surface area contributed by atoms with Crippen molar-refractivity contribution < 1.29 is 9.47 Å². The molecule has 0 aromatic carbocycles. The Labute approximate surface area is 124 Å². The van der Waals surface area contributed by atoms with Crippen LogP contribution in [0.15, 0.2) is 29.1 Å². The second-order valence-corrected chi connectivity index (χ2v) is 4.76. The number of rotatable bonds is 5. The van der Waals surface area contributed by atoms with Gasteiger partial charge in [-0.05, 0) is 27.6 Å². The van der Waals surface area contributed by atoms with Crippen molar-refractivity contribution in [1.82, 2.24) is 20.4 Å². The summed E-state index contributed by atoms with van der Waals surface area (Å²) in [6.07, 6.45) is 4.89. The lowest BCUT2D eigenvalue weighted by Crippen LogP contribution is -2.30. The molecule has 8 heteroatoms. The molecule has 2 aromatic rings. The molecule has 0 amide bonds. The minimum absolute atomic E-state index is 0.340. The number of hydrazine groups is 1. The third kappa shape index (κ3) is 3.03. The maximum Gasteiger partial charge on any atom is 0.240 e. The number of hydrogen-bond acceptors (Lipinski definition) is 7. The normalized spacial score (nSPS) is 12.0. The third-order valence-electron chi connectivity index (χ3n) is 2.65. The van der Waals surface area contributed by atoms with E-state index >= 15 is 0 Å². The first kappa shape index (κ1) is 14.6. The zero-order valence-corrected chi connectivity index (χ0v) is 12.6. The van der Waals surface area contributed by atoms with Crippen LogP contribution in [0.4, 0.5) is 0 Å². The van der Waals surface area contributed by atoms with Crippen molar-refractivity contribution in [2.75, 3.05) is 14.2 Å². The number of halogens is 1. The predicted octanol–water partition coefficient (Wildman–Crippen LogP) is 1.20. The Balaban J connectivity index is 2.46. The molecule has 0 saturated heterocycles. The van der Waals surface area contributed by atoms with Crippen LogP contribution in [0, 0.1) is 0 Å². The highest BCUT2D eigenvalue weighted by Crippen LogP contribution is 2.28. The Morgan fingerprint density at radius 1 is 1.25 bits per heavy atom. The number of nitrogens with one attached hydrogen (secondary N) is 1. The van der Waals surface area contributed by atoms with E-state index in [4.69, 9.17) is 15.3 Å². The number of methoxy groups -OCH3 is 2. The summed E-state index contributed by atoms with van der Waals surface area (Å²) < 4.78 is 11.1. The highest BCUT2D eigenvalue weighted by atomic mass is 79.9. The largest absolute Gasteiger partial charge is 0.480 e. The molecule has 1 atom stereocenters. The predicted molar refractivity (Wildman–Crippen MR) is 76.2 cm³/mol. The van der Waals surface area contributed by atoms with Gasteiger partial charge in [-0.15, -0.1) is 0 Å². The van der Waals surface area contributed by atoms with Crippen LogP contribution in [-0.2, 0) is 0 Å². The smallest absolute Gasteiger partial charge is 0.240 e. The SMILES string of the molecule is COc1cnc(C(NN)c2cncc(Br)c2)c(OC)n1. The van der Waals surface area contributed by atoms with Gasteiger partial charge < -0.3 is 9.47 Å². The lowest BCUT2D eigenvalue weighted by Gasteiger charge is -2.17. The van der Waals surface area contributed by atoms with Crippen molar-refractivity contribution in [3.05, 3.63) is 40.4 Å². The fourth-order valence-electron chi connectivity index (χ4n) is 1.73. The molecule has 2 heterocycles. The number of aromatic nitrogens is 3. The summed E-state index contributed by atoms with van der Waals surface area (Å²) in [7, 11) is 3.03. The van der Waals surface area contributed by atoms with Crippen LogP contribution < -0.4 is 20.7 Å². The zero-order valence-electron chi connectivity index (χ0n) is 11.0. The minimum Gasteiger partial charge on any atom is -0.480 e. The molecule has 0 fully saturated rings. The Kier molecular flexibility index (Phi) is 4.83. The highest BCUT2D eigenvalue weighted by Gasteiger charge is 2.21. The monoisotopic (exact) mass is 339 g/mol. The standard InChI is InChI=1S/C12H14BrN5O2/c1-19-9-6-16-11(12(17-9)20-2)10(18-14)7-3-8(13)5-15-4-7/h3-6,10,18H,14H2,1-2H3. The molecule has 20 heavy (non-hydrogen) atoms. The van der Waals surface area contributed by atoms with Crippen molar-refractivity contribution in [2.45, 2.75) is 6.04 Å². The van der Waals surface area contributed by atoms with E-state index in [-0.39, 0.29) is 0 Å². The summed E-state index contributed by atoms with van der Waals surface area (Å²) in [4.78, 5) is 12.6. The van der Waals surface area contributed by atoms with E-state index in [1.807, 2.05) is 6.07 Å². The molecule has 106 valence electrons. The van der Waals surface area contributed by atoms with Gasteiger partial charge in [0.05, 0.1) is 26.5 Å². The maximum atomic E-state index is 5.63. The van der Waals surface area contributed by atoms with Crippen molar-refractivity contribution in [1.29, 1.82) is 0 Å². The maximum absolute atomic E-state index is 5.63. The molecule has 0 aliphatic carbocycles. The Hall–Kier alpha value is -1.77. The van der Waals surface area contributed by atoms with Crippen LogP contribution in [0.3, 0.4) is 0 Å². The number of nitrogens with two attached hydrogens (primary N) is 1. The average molecular weight is 340 g/mol. The van der Waals surface area contributed by atoms with Crippen LogP contribution >= 0.6 is 15.9 Å². The van der Waals surface area contributed by atoms with E-state index in [2.05, 4.69) is 36.3 Å². The van der Waals surface area contributed by atoms with Gasteiger partial charge in [0, 0.05) is 16.9 Å². The second-order valence-electron chi connectivity index (χ2n) is 3.84. The molecule has 0 aliphatic heterocycles. The Morgan fingerprint density at radius 3 is 2.65 bits per heavy atom. The lowest BCUT2D eigenvalue weighted by atomic mass is 10.1. The van der Waals surface area contributed by atoms with E-state index in [1.54, 1.807) is 12.4 Å². The Morgan fingerprint density at radius 2 is 2.05 bits per heavy atom. The van der Waals surface area contributed by atoms with Crippen LogP contribution in [-0.4, -0.2) is 29.2 Å². The average Bonchev–Trinajstić information content (AvgIpc) is 2.48. The van der Waals surface area contributed by atoms with Crippen LogP contribution in [0.2, 0.25) is 0 Å². The number of hydrogen-bond donors (Lipinski definition) is 2. The summed E-state index contributed by atoms with van der Waals surface area (Å²) in [5.41, 5.74) is 4.07. The van der Waals surface area contributed by atoms with E-state index in [9.17, 15) is 0 Å². The van der Waals surface area contributed by atoms with Gasteiger partial charge in [0.25, 0.3) is 0 Å². The van der Waals surface area contributed by atoms with Crippen molar-refractivity contribution in [2.24, 2.45) is 5.84 Å². The van der Waals surface area contributed by atoms with E-state index < -0.39 is 6.04 Å². The molecule has 0 bridgehead atoms. The number of ether oxygens (including phenoxy) is 2. The van der Waals surface area contributed by atoms with Crippen LogP contribution in [0.1, 0.15) is 17.3 Å². The van der Waals surface area contributed by atoms with Gasteiger partial charge in [-0.3, -0.25) is 10.8 Å². The van der Waals surface area contributed by atoms with E-state index in [1.165, 1.54) is 20.4 Å². The summed E-state index contributed by atoms with van der Waals surface area (Å²) in [5.74, 6) is 6.34. The van der Waals surface area contributed by atoms with E-state index in [0.29, 0.717) is 17.5 Å². The zero-order chi connectivity index (χ0) is 14.5. The molecule has 2 aromatic heterocycles. The fourth-order valence-corrected chi connectivity index (χ4v) is 2.11. The summed E-state index contributed by atoms with van der Waals surface area (Å²) >= 11 is 3.37. The molecule has 2 rings (SSSR count).